The van der Waals surface area contributed by atoms with E-state index >= 15 is 0 Å². The van der Waals surface area contributed by atoms with Crippen molar-refractivity contribution in [2.75, 3.05) is 12.4 Å². The Morgan fingerprint density at radius 1 is 1.07 bits per heavy atom. The molecule has 148 valence electrons. The second-order valence-corrected chi connectivity index (χ2v) is 7.20. The summed E-state index contributed by atoms with van der Waals surface area (Å²) in [6, 6.07) is 18.8. The Kier molecular flexibility index (Phi) is 5.21. The van der Waals surface area contributed by atoms with E-state index in [0.717, 1.165) is 40.8 Å². The Bertz CT molecular complexity index is 1150. The molecule has 0 aliphatic carbocycles. The molecule has 0 fully saturated rings. The van der Waals surface area contributed by atoms with Crippen LogP contribution in [0.1, 0.15) is 31.3 Å². The van der Waals surface area contributed by atoms with Crippen LogP contribution >= 0.6 is 0 Å². The molecule has 29 heavy (non-hydrogen) atoms. The number of anilines is 1. The quantitative estimate of drug-likeness (QED) is 0.468. The third-order valence-electron chi connectivity index (χ3n) is 5.21. The zero-order valence-corrected chi connectivity index (χ0v) is 17.3. The first kappa shape index (κ1) is 19.0. The fourth-order valence-electron chi connectivity index (χ4n) is 3.62. The van der Waals surface area contributed by atoms with Crippen LogP contribution in [0.5, 0.6) is 5.75 Å². The number of ether oxygens (including phenoxy) is 1. The minimum absolute atomic E-state index is 0.0899. The van der Waals surface area contributed by atoms with E-state index < -0.39 is 0 Å². The highest BCUT2D eigenvalue weighted by Crippen LogP contribution is 2.27. The Morgan fingerprint density at radius 3 is 2.72 bits per heavy atom. The highest BCUT2D eigenvalue weighted by atomic mass is 16.5. The molecule has 5 heteroatoms. The van der Waals surface area contributed by atoms with Crippen LogP contribution in [0.4, 0.5) is 5.82 Å². The Morgan fingerprint density at radius 2 is 1.93 bits per heavy atom. The number of nitrogens with zero attached hydrogens (tertiary/aromatic N) is 3. The molecule has 4 rings (SSSR count). The predicted octanol–water partition coefficient (Wildman–Crippen LogP) is 5.61. The second kappa shape index (κ2) is 7.95. The number of methoxy groups -OCH3 is 1. The maximum atomic E-state index is 5.34. The summed E-state index contributed by atoms with van der Waals surface area (Å²) < 4.78 is 7.59. The lowest BCUT2D eigenvalue weighted by Gasteiger charge is -2.17. The normalized spacial score (nSPS) is 12.1. The first-order chi connectivity index (χ1) is 14.1. The molecule has 2 heterocycles. The van der Waals surface area contributed by atoms with Crippen molar-refractivity contribution in [2.45, 2.75) is 33.4 Å². The molecule has 1 atom stereocenters. The largest absolute Gasteiger partial charge is 0.497 e. The summed E-state index contributed by atoms with van der Waals surface area (Å²) >= 11 is 0. The van der Waals surface area contributed by atoms with E-state index in [2.05, 4.69) is 70.2 Å². The standard InChI is InChI=1S/C24H26N4O/c1-5-28-12-11-18-9-10-20(14-23(18)28)22-15-24(27-17(3)26-22)25-16(2)19-7-6-8-21(13-19)29-4/h6-16H,5H2,1-4H3,(H,25,26,27)/t16-/m0/s1. The summed E-state index contributed by atoms with van der Waals surface area (Å²) in [5.74, 6) is 2.41. The molecule has 4 aromatic rings. The van der Waals surface area contributed by atoms with Crippen molar-refractivity contribution in [1.29, 1.82) is 0 Å². The Balaban J connectivity index is 1.65. The lowest BCUT2D eigenvalue weighted by Crippen LogP contribution is -2.09. The number of aromatic nitrogens is 3. The van der Waals surface area contributed by atoms with Gasteiger partial charge in [-0.25, -0.2) is 9.97 Å². The minimum atomic E-state index is 0.0899. The highest BCUT2D eigenvalue weighted by Gasteiger charge is 2.11. The molecule has 2 aromatic heterocycles. The van der Waals surface area contributed by atoms with Crippen molar-refractivity contribution in [3.63, 3.8) is 0 Å². The van der Waals surface area contributed by atoms with Crippen molar-refractivity contribution < 1.29 is 4.74 Å². The van der Waals surface area contributed by atoms with Gasteiger partial charge in [-0.1, -0.05) is 24.3 Å². The van der Waals surface area contributed by atoms with Crippen LogP contribution in [0.25, 0.3) is 22.2 Å². The van der Waals surface area contributed by atoms with Crippen molar-refractivity contribution in [2.24, 2.45) is 0 Å². The van der Waals surface area contributed by atoms with Crippen LogP contribution in [0.15, 0.2) is 60.8 Å². The summed E-state index contributed by atoms with van der Waals surface area (Å²) in [6.45, 7) is 7.15. The van der Waals surface area contributed by atoms with Crippen molar-refractivity contribution in [1.82, 2.24) is 14.5 Å². The topological polar surface area (TPSA) is 52.0 Å². The molecule has 0 saturated heterocycles. The molecule has 0 radical (unpaired) electrons. The van der Waals surface area contributed by atoms with E-state index in [1.54, 1.807) is 7.11 Å². The lowest BCUT2D eigenvalue weighted by atomic mass is 10.1. The number of rotatable bonds is 6. The van der Waals surface area contributed by atoms with Gasteiger partial charge >= 0.3 is 0 Å². The molecule has 5 nitrogen and oxygen atoms in total. The van der Waals surface area contributed by atoms with Crippen LogP contribution in [0.2, 0.25) is 0 Å². The maximum absolute atomic E-state index is 5.34. The smallest absolute Gasteiger partial charge is 0.130 e. The van der Waals surface area contributed by atoms with Gasteiger partial charge in [-0.2, -0.15) is 0 Å². The molecule has 0 aliphatic heterocycles. The SMILES string of the molecule is CCn1ccc2ccc(-c3cc(N[C@@H](C)c4cccc(OC)c4)nc(C)n3)cc21. The summed E-state index contributed by atoms with van der Waals surface area (Å²) in [5.41, 5.74) is 4.38. The van der Waals surface area contributed by atoms with E-state index in [1.165, 1.54) is 10.9 Å². The number of benzene rings is 2. The molecular formula is C24H26N4O. The molecular weight excluding hydrogens is 360 g/mol. The average Bonchev–Trinajstić information content (AvgIpc) is 3.15. The number of hydrogen-bond donors (Lipinski definition) is 1. The van der Waals surface area contributed by atoms with Gasteiger partial charge < -0.3 is 14.6 Å². The van der Waals surface area contributed by atoms with E-state index in [4.69, 9.17) is 4.74 Å². The Labute approximate surface area is 171 Å². The number of fused-ring (bicyclic) bond motifs is 1. The fourth-order valence-corrected chi connectivity index (χ4v) is 3.62. The predicted molar refractivity (Wildman–Crippen MR) is 118 cm³/mol. The van der Waals surface area contributed by atoms with E-state index in [1.807, 2.05) is 31.2 Å². The first-order valence-electron chi connectivity index (χ1n) is 9.93. The first-order valence-corrected chi connectivity index (χ1v) is 9.93. The lowest BCUT2D eigenvalue weighted by molar-refractivity contribution is 0.414. The molecule has 0 spiro atoms. The number of nitrogens with one attached hydrogen (secondary N) is 1. The Hall–Kier alpha value is -3.34. The van der Waals surface area contributed by atoms with Gasteiger partial charge in [-0.05, 0) is 56.0 Å². The van der Waals surface area contributed by atoms with Gasteiger partial charge in [0.25, 0.3) is 0 Å². The van der Waals surface area contributed by atoms with E-state index in [0.29, 0.717) is 0 Å². The van der Waals surface area contributed by atoms with Crippen molar-refractivity contribution >= 4 is 16.7 Å². The summed E-state index contributed by atoms with van der Waals surface area (Å²) in [6.07, 6.45) is 2.13. The van der Waals surface area contributed by atoms with Gasteiger partial charge in [0, 0.05) is 29.9 Å². The molecule has 1 N–H and O–H groups in total. The van der Waals surface area contributed by atoms with Crippen LogP contribution in [0.3, 0.4) is 0 Å². The zero-order valence-electron chi connectivity index (χ0n) is 17.3. The van der Waals surface area contributed by atoms with Crippen LogP contribution in [-0.4, -0.2) is 21.6 Å². The third-order valence-corrected chi connectivity index (χ3v) is 5.21. The van der Waals surface area contributed by atoms with Crippen LogP contribution < -0.4 is 10.1 Å². The fraction of sp³-hybridized carbons (Fsp3) is 0.250. The van der Waals surface area contributed by atoms with E-state index in [-0.39, 0.29) is 6.04 Å². The monoisotopic (exact) mass is 386 g/mol. The highest BCUT2D eigenvalue weighted by molar-refractivity contribution is 5.85. The third kappa shape index (κ3) is 3.94. The summed E-state index contributed by atoms with van der Waals surface area (Å²) in [7, 11) is 1.68. The average molecular weight is 386 g/mol. The van der Waals surface area contributed by atoms with Crippen LogP contribution in [-0.2, 0) is 6.54 Å². The zero-order chi connectivity index (χ0) is 20.4. The summed E-state index contributed by atoms with van der Waals surface area (Å²) in [5, 5.41) is 4.75. The summed E-state index contributed by atoms with van der Waals surface area (Å²) in [4.78, 5) is 9.27. The maximum Gasteiger partial charge on any atom is 0.130 e. The van der Waals surface area contributed by atoms with Crippen molar-refractivity contribution in [3.05, 3.63) is 72.2 Å². The molecule has 0 bridgehead atoms. The molecule has 0 unspecified atom stereocenters. The van der Waals surface area contributed by atoms with Gasteiger partial charge in [-0.3, -0.25) is 0 Å². The van der Waals surface area contributed by atoms with Crippen LogP contribution in [0, 0.1) is 6.92 Å². The number of hydrogen-bond acceptors (Lipinski definition) is 4. The van der Waals surface area contributed by atoms with E-state index in [9.17, 15) is 0 Å². The van der Waals surface area contributed by atoms with Gasteiger partial charge in [0.1, 0.15) is 17.4 Å². The molecule has 0 saturated carbocycles. The molecule has 0 amide bonds. The molecule has 2 aromatic carbocycles. The van der Waals surface area contributed by atoms with Gasteiger partial charge in [-0.15, -0.1) is 0 Å². The van der Waals surface area contributed by atoms with Gasteiger partial charge in [0.05, 0.1) is 18.8 Å². The van der Waals surface area contributed by atoms with Gasteiger partial charge in [0.2, 0.25) is 0 Å². The van der Waals surface area contributed by atoms with Crippen molar-refractivity contribution in [3.8, 4) is 17.0 Å². The molecule has 0 aliphatic rings. The number of aryl methyl sites for hydroxylation is 2. The second-order valence-electron chi connectivity index (χ2n) is 7.20. The van der Waals surface area contributed by atoms with Gasteiger partial charge in [0.15, 0.2) is 0 Å². The minimum Gasteiger partial charge on any atom is -0.497 e.